The number of nitrogens with one attached hydrogen (secondary N) is 4. The van der Waals surface area contributed by atoms with Crippen LogP contribution in [0.4, 0.5) is 0 Å². The molecule has 2 aromatic heterocycles. The van der Waals surface area contributed by atoms with E-state index in [9.17, 15) is 0 Å². The van der Waals surface area contributed by atoms with Crippen LogP contribution in [0.25, 0.3) is 0 Å². The van der Waals surface area contributed by atoms with Gasteiger partial charge in [-0.25, -0.2) is 9.97 Å². The van der Waals surface area contributed by atoms with Gasteiger partial charge in [0.05, 0.1) is 12.4 Å². The predicted molar refractivity (Wildman–Crippen MR) is 95.8 cm³/mol. The van der Waals surface area contributed by atoms with Crippen molar-refractivity contribution in [1.29, 1.82) is 0 Å². The number of imidazole rings is 2. The second kappa shape index (κ2) is 11.7. The summed E-state index contributed by atoms with van der Waals surface area (Å²) in [6.07, 6.45) is 9.62. The number of rotatable bonds is 4. The number of H-pyrrole nitrogens is 2. The van der Waals surface area contributed by atoms with Crippen molar-refractivity contribution in [2.75, 3.05) is 0 Å². The second-order valence-electron chi connectivity index (χ2n) is 3.42. The highest BCUT2D eigenvalue weighted by molar-refractivity contribution is 7.80. The van der Waals surface area contributed by atoms with Crippen molar-refractivity contribution in [2.45, 2.75) is 0 Å². The smallest absolute Gasteiger partial charge is 0.184 e. The lowest BCUT2D eigenvalue weighted by Gasteiger charge is -1.90. The first-order chi connectivity index (χ1) is 10.6. The lowest BCUT2D eigenvalue weighted by atomic mass is 10.7. The van der Waals surface area contributed by atoms with Gasteiger partial charge >= 0.3 is 0 Å². The van der Waals surface area contributed by atoms with Gasteiger partial charge in [0.15, 0.2) is 10.2 Å². The second-order valence-corrected chi connectivity index (χ2v) is 4.30. The number of aromatic amines is 2. The highest BCUT2D eigenvalue weighted by Crippen LogP contribution is 1.81. The third kappa shape index (κ3) is 10.5. The maximum atomic E-state index is 5.11. The van der Waals surface area contributed by atoms with E-state index in [-0.39, 0.29) is 15.7 Å². The van der Waals surface area contributed by atoms with E-state index in [1.54, 1.807) is 24.8 Å². The van der Waals surface area contributed by atoms with E-state index in [0.29, 0.717) is 11.6 Å². The van der Waals surface area contributed by atoms with Crippen LogP contribution in [0.1, 0.15) is 11.6 Å². The van der Waals surface area contributed by atoms with Gasteiger partial charge in [0.2, 0.25) is 0 Å². The Kier molecular flexibility index (Phi) is 10.2. The third-order valence-corrected chi connectivity index (χ3v) is 1.94. The first-order valence-electron chi connectivity index (χ1n) is 5.73. The quantitative estimate of drug-likeness (QED) is 0.213. The summed E-state index contributed by atoms with van der Waals surface area (Å²) >= 11 is 9.03. The molecule has 0 bridgehead atoms. The number of hydrazone groups is 2. The van der Waals surface area contributed by atoms with Crippen LogP contribution >= 0.6 is 24.4 Å². The number of thiocarbonyl (C=S) groups is 2. The minimum atomic E-state index is 0. The van der Waals surface area contributed by atoms with Crippen molar-refractivity contribution < 1.29 is 5.48 Å². The maximum Gasteiger partial charge on any atom is 0.184 e. The van der Waals surface area contributed by atoms with E-state index in [0.717, 1.165) is 0 Å². The summed E-state index contributed by atoms with van der Waals surface area (Å²) in [5.74, 6) is 1.29. The molecule has 124 valence electrons. The topological polar surface area (TPSA) is 190 Å². The molecule has 2 heterocycles. The molecule has 0 unspecified atom stereocenters. The van der Waals surface area contributed by atoms with Crippen LogP contribution in [0, 0.1) is 0 Å². The molecule has 0 saturated heterocycles. The number of hydrogen-bond acceptors (Lipinski definition) is 6. The van der Waals surface area contributed by atoms with Crippen LogP contribution in [0.2, 0.25) is 0 Å². The van der Waals surface area contributed by atoms with Crippen LogP contribution in [0.5, 0.6) is 0 Å². The molecule has 0 aliphatic heterocycles. The Morgan fingerprint density at radius 2 is 1.35 bits per heavy atom. The van der Waals surface area contributed by atoms with Crippen molar-refractivity contribution in [3.05, 3.63) is 36.4 Å². The summed E-state index contributed by atoms with van der Waals surface area (Å²) in [5, 5.41) is 7.62. The summed E-state index contributed by atoms with van der Waals surface area (Å²) in [7, 11) is 0. The molecule has 13 heteroatoms. The summed E-state index contributed by atoms with van der Waals surface area (Å²) in [4.78, 5) is 13.4. The monoisotopic (exact) mass is 356 g/mol. The molecule has 23 heavy (non-hydrogen) atoms. The van der Waals surface area contributed by atoms with Gasteiger partial charge < -0.3 is 26.9 Å². The molecule has 0 atom stereocenters. The number of aromatic nitrogens is 4. The Morgan fingerprint density at radius 1 is 0.957 bits per heavy atom. The minimum Gasteiger partial charge on any atom is -0.412 e. The van der Waals surface area contributed by atoms with Gasteiger partial charge in [0, 0.05) is 24.8 Å². The molecule has 0 spiro atoms. The summed E-state index contributed by atoms with van der Waals surface area (Å²) in [6, 6.07) is 0. The predicted octanol–water partition coefficient (Wildman–Crippen LogP) is -1.67. The first kappa shape index (κ1) is 20.1. The lowest BCUT2D eigenvalue weighted by molar-refractivity contribution is 0.824. The van der Waals surface area contributed by atoms with Crippen LogP contribution in [0.15, 0.2) is 35.0 Å². The van der Waals surface area contributed by atoms with Crippen molar-refractivity contribution in [3.63, 3.8) is 0 Å². The van der Waals surface area contributed by atoms with E-state index < -0.39 is 0 Å². The Morgan fingerprint density at radius 3 is 1.61 bits per heavy atom. The zero-order valence-corrected chi connectivity index (χ0v) is 13.4. The molecule has 0 saturated carbocycles. The van der Waals surface area contributed by atoms with Gasteiger partial charge in [-0.3, -0.25) is 10.9 Å². The fourth-order valence-corrected chi connectivity index (χ4v) is 1.12. The zero-order valence-electron chi connectivity index (χ0n) is 11.7. The van der Waals surface area contributed by atoms with E-state index in [1.165, 1.54) is 12.4 Å². The van der Waals surface area contributed by atoms with Crippen LogP contribution in [0.3, 0.4) is 0 Å². The molecule has 0 aliphatic rings. The van der Waals surface area contributed by atoms with Gasteiger partial charge in [0.25, 0.3) is 0 Å². The van der Waals surface area contributed by atoms with Crippen LogP contribution in [-0.4, -0.2) is 48.1 Å². The molecule has 0 aromatic carbocycles. The molecular formula is C10H16N10OS2. The summed E-state index contributed by atoms with van der Waals surface area (Å²) in [5.41, 5.74) is 15.0. The highest BCUT2D eigenvalue weighted by Gasteiger charge is 1.86. The first-order valence-corrected chi connectivity index (χ1v) is 6.55. The Labute approximate surface area is 142 Å². The van der Waals surface area contributed by atoms with Crippen LogP contribution in [-0.2, 0) is 0 Å². The molecule has 0 aliphatic carbocycles. The minimum absolute atomic E-state index is 0. The molecule has 11 nitrogen and oxygen atoms in total. The number of hydrogen-bond donors (Lipinski definition) is 6. The van der Waals surface area contributed by atoms with E-state index in [1.807, 2.05) is 0 Å². The number of nitrogens with zero attached hydrogens (tertiary/aromatic N) is 4. The normalized spacial score (nSPS) is 9.74. The van der Waals surface area contributed by atoms with Gasteiger partial charge in [0.1, 0.15) is 11.6 Å². The SMILES string of the molecule is NC(=S)N/N=C/c1ncc[nH]1.NC(=S)N/N=C/c1ncc[nH]1.O. The van der Waals surface area contributed by atoms with Gasteiger partial charge in [-0.2, -0.15) is 10.2 Å². The van der Waals surface area contributed by atoms with Gasteiger partial charge in [-0.1, -0.05) is 0 Å². The Balaban J connectivity index is 0.000000403. The Hall–Kier alpha value is -2.90. The Bertz CT molecular complexity index is 566. The fraction of sp³-hybridized carbons (Fsp3) is 0. The highest BCUT2D eigenvalue weighted by atomic mass is 32.1. The van der Waals surface area contributed by atoms with Crippen LogP contribution < -0.4 is 22.3 Å². The molecule has 0 amide bonds. The lowest BCUT2D eigenvalue weighted by Crippen LogP contribution is -2.24. The van der Waals surface area contributed by atoms with E-state index in [4.69, 9.17) is 11.5 Å². The molecular weight excluding hydrogens is 340 g/mol. The van der Waals surface area contributed by atoms with Gasteiger partial charge in [-0.15, -0.1) is 0 Å². The summed E-state index contributed by atoms with van der Waals surface area (Å²) in [6.45, 7) is 0. The number of nitrogens with two attached hydrogens (primary N) is 2. The molecule has 10 N–H and O–H groups in total. The fourth-order valence-electron chi connectivity index (χ4n) is 1.01. The van der Waals surface area contributed by atoms with E-state index >= 15 is 0 Å². The van der Waals surface area contributed by atoms with Crippen molar-refractivity contribution >= 4 is 47.1 Å². The molecule has 2 rings (SSSR count). The third-order valence-electron chi connectivity index (χ3n) is 1.76. The molecule has 0 fully saturated rings. The van der Waals surface area contributed by atoms with Crippen molar-refractivity contribution in [3.8, 4) is 0 Å². The van der Waals surface area contributed by atoms with Crippen molar-refractivity contribution in [1.82, 2.24) is 30.8 Å². The average molecular weight is 356 g/mol. The molecule has 2 aromatic rings. The standard InChI is InChI=1S/2C5H7N5S.H2O/c2*6-5(11)10-9-3-4-7-1-2-8-4;/h2*1-3H,(H,7,8)(H3,6,10,11);1H2/b2*9-3+;. The summed E-state index contributed by atoms with van der Waals surface area (Å²) < 4.78 is 0. The molecule has 0 radical (unpaired) electrons. The van der Waals surface area contributed by atoms with E-state index in [2.05, 4.69) is 65.4 Å². The average Bonchev–Trinajstić information content (AvgIpc) is 3.11. The maximum absolute atomic E-state index is 5.11. The zero-order chi connectivity index (χ0) is 16.2. The largest absolute Gasteiger partial charge is 0.412 e. The van der Waals surface area contributed by atoms with Crippen molar-refractivity contribution in [2.24, 2.45) is 21.7 Å². The van der Waals surface area contributed by atoms with Gasteiger partial charge in [-0.05, 0) is 24.4 Å².